The molecule has 0 saturated carbocycles. The van der Waals surface area contributed by atoms with Gasteiger partial charge < -0.3 is 16.3 Å². The first-order valence-electron chi connectivity index (χ1n) is 16.2. The van der Waals surface area contributed by atoms with E-state index in [1.807, 2.05) is 103 Å². The average Bonchev–Trinajstić information content (AvgIpc) is 3.15. The molecule has 49 heavy (non-hydrogen) atoms. The number of hydrogen-bond acceptors (Lipinski definition) is 6. The maximum atomic E-state index is 6.92. The Morgan fingerprint density at radius 1 is 0.429 bits per heavy atom. The Balaban J connectivity index is 1.32. The molecule has 0 N–H and O–H groups in total. The first kappa shape index (κ1) is 31.7. The third-order valence-electron chi connectivity index (χ3n) is 8.02. The highest BCUT2D eigenvalue weighted by Crippen LogP contribution is 2.41. The van der Waals surface area contributed by atoms with Gasteiger partial charge in [-0.1, -0.05) is 83.9 Å². The van der Waals surface area contributed by atoms with Crippen molar-refractivity contribution in [3.05, 3.63) is 181 Å². The van der Waals surface area contributed by atoms with Crippen molar-refractivity contribution in [2.24, 2.45) is 0 Å². The lowest BCUT2D eigenvalue weighted by Gasteiger charge is -2.28. The molecule has 0 saturated heterocycles. The highest BCUT2D eigenvalue weighted by atomic mass is 27.3. The van der Waals surface area contributed by atoms with Gasteiger partial charge in [-0.2, -0.15) is 0 Å². The van der Waals surface area contributed by atoms with Gasteiger partial charge in [0, 0.05) is 34.9 Å². The number of nitrogens with zero attached hydrogens (tertiary/aromatic N) is 3. The molecule has 0 bridgehead atoms. The van der Waals surface area contributed by atoms with Crippen LogP contribution in [0.25, 0.3) is 22.5 Å². The normalized spacial score (nSPS) is 10.7. The van der Waals surface area contributed by atoms with Crippen molar-refractivity contribution >= 4 is 32.2 Å². The molecule has 0 radical (unpaired) electrons. The third-order valence-corrected chi connectivity index (χ3v) is 9.36. The van der Waals surface area contributed by atoms with Crippen LogP contribution in [0.3, 0.4) is 0 Å². The Hall–Kier alpha value is -5.87. The molecule has 0 amide bonds. The van der Waals surface area contributed by atoms with Crippen molar-refractivity contribution in [2.45, 2.75) is 13.8 Å². The Morgan fingerprint density at radius 2 is 0.837 bits per heavy atom. The fourth-order valence-electron chi connectivity index (χ4n) is 5.55. The topological polar surface area (TPSA) is 56.7 Å². The van der Waals surface area contributed by atoms with Crippen LogP contribution in [0.5, 0.6) is 17.2 Å². The van der Waals surface area contributed by atoms with Crippen LogP contribution in [0.15, 0.2) is 170 Å². The Bertz CT molecular complexity index is 2000. The molecular formula is C42H34AlN3O3. The predicted molar refractivity (Wildman–Crippen MR) is 198 cm³/mol. The lowest BCUT2D eigenvalue weighted by Crippen LogP contribution is -2.37. The first-order chi connectivity index (χ1) is 24.1. The number of pyridine rings is 2. The summed E-state index contributed by atoms with van der Waals surface area (Å²) in [6.45, 7) is 4.18. The van der Waals surface area contributed by atoms with E-state index >= 15 is 0 Å². The van der Waals surface area contributed by atoms with E-state index < -0.39 is 15.1 Å². The van der Waals surface area contributed by atoms with Gasteiger partial charge in [0.15, 0.2) is 0 Å². The van der Waals surface area contributed by atoms with Crippen LogP contribution in [0.2, 0.25) is 0 Å². The van der Waals surface area contributed by atoms with Gasteiger partial charge in [-0.05, 0) is 98.8 Å². The van der Waals surface area contributed by atoms with Crippen molar-refractivity contribution in [3.8, 4) is 39.8 Å². The summed E-state index contributed by atoms with van der Waals surface area (Å²) in [7, 11) is 0. The minimum absolute atomic E-state index is 0.625. The number of hydrogen-bond donors (Lipinski definition) is 0. The second-order valence-electron chi connectivity index (χ2n) is 11.5. The van der Waals surface area contributed by atoms with Crippen LogP contribution in [0, 0.1) is 13.8 Å². The fourth-order valence-corrected chi connectivity index (χ4v) is 6.92. The van der Waals surface area contributed by atoms with E-state index in [1.165, 1.54) is 11.1 Å². The quantitative estimate of drug-likeness (QED) is 0.129. The van der Waals surface area contributed by atoms with Crippen LogP contribution in [0.4, 0.5) is 17.1 Å². The second kappa shape index (κ2) is 14.9. The minimum atomic E-state index is -3.07. The molecule has 0 aliphatic carbocycles. The maximum Gasteiger partial charge on any atom is 1.20 e. The van der Waals surface area contributed by atoms with Crippen molar-refractivity contribution in [1.82, 2.24) is 9.97 Å². The first-order valence-corrected chi connectivity index (χ1v) is 17.6. The van der Waals surface area contributed by atoms with E-state index in [1.54, 1.807) is 12.4 Å². The summed E-state index contributed by atoms with van der Waals surface area (Å²) < 4.78 is 20.5. The summed E-state index contributed by atoms with van der Waals surface area (Å²) in [4.78, 5) is 11.4. The largest absolute Gasteiger partial charge is 1.20 e. The number of aryl methyl sites for hydroxylation is 2. The Labute approximate surface area is 292 Å². The second-order valence-corrected chi connectivity index (χ2v) is 12.8. The summed E-state index contributed by atoms with van der Waals surface area (Å²) in [5, 5.41) is 0. The third kappa shape index (κ3) is 7.50. The predicted octanol–water partition coefficient (Wildman–Crippen LogP) is 10.4. The molecule has 0 atom stereocenters. The molecule has 7 aromatic rings. The number of para-hydroxylation sites is 4. The molecule has 238 valence electrons. The zero-order valence-corrected chi connectivity index (χ0v) is 28.5. The molecule has 2 aromatic heterocycles. The van der Waals surface area contributed by atoms with E-state index in [4.69, 9.17) is 11.4 Å². The minimum Gasteiger partial charge on any atom is -0.577 e. The van der Waals surface area contributed by atoms with Crippen molar-refractivity contribution in [3.63, 3.8) is 0 Å². The van der Waals surface area contributed by atoms with Gasteiger partial charge in [0.25, 0.3) is 0 Å². The van der Waals surface area contributed by atoms with Crippen LogP contribution in [-0.2, 0) is 0 Å². The average molecular weight is 656 g/mol. The van der Waals surface area contributed by atoms with Crippen LogP contribution in [-0.4, -0.2) is 25.1 Å². The smallest absolute Gasteiger partial charge is 0.577 e. The van der Waals surface area contributed by atoms with Gasteiger partial charge >= 0.3 is 15.1 Å². The molecule has 6 nitrogen and oxygen atoms in total. The molecule has 0 fully saturated rings. The van der Waals surface area contributed by atoms with Gasteiger partial charge in [-0.25, -0.2) is 0 Å². The zero-order chi connectivity index (χ0) is 33.4. The molecule has 2 heterocycles. The maximum absolute atomic E-state index is 6.92. The summed E-state index contributed by atoms with van der Waals surface area (Å²) in [6, 6.07) is 52.3. The summed E-state index contributed by atoms with van der Waals surface area (Å²) in [6.07, 6.45) is 3.55. The van der Waals surface area contributed by atoms with Gasteiger partial charge in [-0.15, -0.1) is 0 Å². The molecule has 0 unspecified atom stereocenters. The van der Waals surface area contributed by atoms with E-state index in [0.29, 0.717) is 17.2 Å². The van der Waals surface area contributed by atoms with Crippen LogP contribution in [0.1, 0.15) is 11.1 Å². The number of anilines is 3. The monoisotopic (exact) mass is 655 g/mol. The summed E-state index contributed by atoms with van der Waals surface area (Å²) >= 11 is -3.07. The molecule has 7 rings (SSSR count). The molecule has 5 aromatic carbocycles. The van der Waals surface area contributed by atoms with Gasteiger partial charge in [0.05, 0.1) is 28.6 Å². The van der Waals surface area contributed by atoms with Crippen molar-refractivity contribution < 1.29 is 11.4 Å². The molecule has 0 spiro atoms. The molecule has 7 heteroatoms. The van der Waals surface area contributed by atoms with Crippen molar-refractivity contribution in [2.75, 3.05) is 4.90 Å². The van der Waals surface area contributed by atoms with Crippen LogP contribution >= 0.6 is 0 Å². The summed E-state index contributed by atoms with van der Waals surface area (Å²) in [5.41, 5.74) is 8.53. The van der Waals surface area contributed by atoms with Gasteiger partial charge in [-0.3, -0.25) is 9.97 Å². The van der Waals surface area contributed by atoms with E-state index in [2.05, 4.69) is 83.3 Å². The van der Waals surface area contributed by atoms with E-state index in [-0.39, 0.29) is 0 Å². The standard InChI is InChI=1S/C20H19NO.2C11H9NO.Al/c1-15-7-11-17(12-8-15)21(18-13-9-16(2)10-14-18)19-5-3-4-6-20(19)22;2*13-11-7-2-1-5-9(11)10-6-3-4-8-12-10;/h3-14,22H,1-2H3;2*1-8,13H;/q;;;+3/p-3. The lowest BCUT2D eigenvalue weighted by molar-refractivity contribution is 0.308. The SMILES string of the molecule is Cc1ccc(N(c2ccc(C)cc2)c2ccccc2[O][Al]([O]c2ccccc2-c2ccccn2)[O]c2ccccc2-c2ccccn2)cc1. The lowest BCUT2D eigenvalue weighted by atomic mass is 10.1. The summed E-state index contributed by atoms with van der Waals surface area (Å²) in [5.74, 6) is 1.88. The van der Waals surface area contributed by atoms with E-state index in [0.717, 1.165) is 39.6 Å². The zero-order valence-electron chi connectivity index (χ0n) is 27.3. The number of aromatic nitrogens is 2. The van der Waals surface area contributed by atoms with Gasteiger partial charge in [0.1, 0.15) is 5.75 Å². The molecule has 0 aliphatic rings. The molecular weight excluding hydrogens is 621 g/mol. The number of benzene rings is 5. The fraction of sp³-hybridized carbons (Fsp3) is 0.0476. The number of rotatable bonds is 11. The Kier molecular flexibility index (Phi) is 9.65. The highest BCUT2D eigenvalue weighted by molar-refractivity contribution is 6.40. The molecule has 0 aliphatic heterocycles. The highest BCUT2D eigenvalue weighted by Gasteiger charge is 2.46. The Morgan fingerprint density at radius 3 is 1.31 bits per heavy atom. The van der Waals surface area contributed by atoms with E-state index in [9.17, 15) is 0 Å². The van der Waals surface area contributed by atoms with Crippen molar-refractivity contribution in [1.29, 1.82) is 0 Å². The van der Waals surface area contributed by atoms with Crippen LogP contribution < -0.4 is 16.3 Å². The van der Waals surface area contributed by atoms with Gasteiger partial charge in [0.2, 0.25) is 0 Å².